The molecule has 8 heteroatoms. The molecule has 0 radical (unpaired) electrons. The van der Waals surface area contributed by atoms with Gasteiger partial charge in [0.15, 0.2) is 5.78 Å². The fraction of sp³-hybridized carbons (Fsp3) is 0.500. The predicted octanol–water partition coefficient (Wildman–Crippen LogP) is 5.42. The largest absolute Gasteiger partial charge is 0.335 e. The average Bonchev–Trinajstić information content (AvgIpc) is 3.44. The van der Waals surface area contributed by atoms with Crippen molar-refractivity contribution in [3.63, 3.8) is 0 Å². The van der Waals surface area contributed by atoms with Gasteiger partial charge in [-0.2, -0.15) is 11.3 Å². The van der Waals surface area contributed by atoms with Gasteiger partial charge in [-0.15, -0.1) is 0 Å². The van der Waals surface area contributed by atoms with Gasteiger partial charge < -0.3 is 9.80 Å². The summed E-state index contributed by atoms with van der Waals surface area (Å²) in [5.74, 6) is 0.370. The van der Waals surface area contributed by atoms with E-state index in [4.69, 9.17) is 0 Å². The minimum atomic E-state index is 0.140. The van der Waals surface area contributed by atoms with Gasteiger partial charge in [0.2, 0.25) is 5.91 Å². The highest BCUT2D eigenvalue weighted by Crippen LogP contribution is 2.24. The number of nitrogens with zero attached hydrogens (tertiary/aromatic N) is 5. The second kappa shape index (κ2) is 13.7. The molecule has 4 heterocycles. The molecule has 3 aromatic rings. The van der Waals surface area contributed by atoms with Crippen LogP contribution in [0.15, 0.2) is 47.7 Å². The van der Waals surface area contributed by atoms with Crippen molar-refractivity contribution < 1.29 is 9.59 Å². The highest BCUT2D eigenvalue weighted by Gasteiger charge is 2.29. The monoisotopic (exact) mass is 533 g/mol. The maximum absolute atomic E-state index is 13.4. The Hall–Kier alpha value is -2.97. The Morgan fingerprint density at radius 3 is 2.42 bits per heavy atom. The van der Waals surface area contributed by atoms with E-state index >= 15 is 0 Å². The van der Waals surface area contributed by atoms with E-state index in [0.717, 1.165) is 62.1 Å². The first-order chi connectivity index (χ1) is 18.4. The lowest BCUT2D eigenvalue weighted by molar-refractivity contribution is -0.135. The molecule has 0 N–H and O–H groups in total. The van der Waals surface area contributed by atoms with Gasteiger partial charge in [-0.3, -0.25) is 14.6 Å². The number of thiophene rings is 1. The van der Waals surface area contributed by atoms with Gasteiger partial charge >= 0.3 is 0 Å². The molecule has 0 aliphatic carbocycles. The van der Waals surface area contributed by atoms with Crippen LogP contribution in [0.1, 0.15) is 78.3 Å². The van der Waals surface area contributed by atoms with Crippen LogP contribution in [-0.4, -0.2) is 61.6 Å². The molecule has 1 unspecified atom stereocenters. The highest BCUT2D eigenvalue weighted by molar-refractivity contribution is 7.07. The quantitative estimate of drug-likeness (QED) is 0.289. The van der Waals surface area contributed by atoms with Crippen molar-refractivity contribution in [2.75, 3.05) is 13.1 Å². The molecular formula is C30H39N5O2S. The number of hydrogen-bond acceptors (Lipinski definition) is 7. The van der Waals surface area contributed by atoms with Crippen LogP contribution < -0.4 is 0 Å². The number of hydrogen-bond donors (Lipinski definition) is 0. The van der Waals surface area contributed by atoms with Gasteiger partial charge in [-0.25, -0.2) is 9.97 Å². The lowest BCUT2D eigenvalue weighted by Crippen LogP contribution is -2.49. The zero-order valence-corrected chi connectivity index (χ0v) is 23.6. The fourth-order valence-corrected chi connectivity index (χ4v) is 6.10. The second-order valence-electron chi connectivity index (χ2n) is 10.4. The third kappa shape index (κ3) is 7.54. The number of piperidine rings is 1. The number of likely N-dealkylation sites (tertiary alicyclic amines) is 1. The summed E-state index contributed by atoms with van der Waals surface area (Å²) in [4.78, 5) is 43.3. The molecule has 1 aliphatic rings. The van der Waals surface area contributed by atoms with Crippen LogP contribution >= 0.6 is 11.3 Å². The highest BCUT2D eigenvalue weighted by atomic mass is 32.1. The summed E-state index contributed by atoms with van der Waals surface area (Å²) >= 11 is 1.68. The molecule has 1 fully saturated rings. The van der Waals surface area contributed by atoms with Crippen LogP contribution in [0.5, 0.6) is 0 Å². The molecule has 0 saturated carbocycles. The second-order valence-corrected chi connectivity index (χ2v) is 11.1. The Morgan fingerprint density at radius 1 is 1.05 bits per heavy atom. The van der Waals surface area contributed by atoms with E-state index in [1.54, 1.807) is 23.7 Å². The first-order valence-corrected chi connectivity index (χ1v) is 14.6. The van der Waals surface area contributed by atoms with Gasteiger partial charge in [-0.1, -0.05) is 0 Å². The van der Waals surface area contributed by atoms with Crippen LogP contribution in [0.4, 0.5) is 0 Å². The van der Waals surface area contributed by atoms with Crippen molar-refractivity contribution >= 4 is 23.0 Å². The Balaban J connectivity index is 1.27. The number of carbonyl (C=O) groups is 2. The zero-order valence-electron chi connectivity index (χ0n) is 22.8. The van der Waals surface area contributed by atoms with Crippen LogP contribution in [0, 0.1) is 13.8 Å². The molecule has 1 atom stereocenters. The van der Waals surface area contributed by atoms with E-state index in [-0.39, 0.29) is 17.7 Å². The van der Waals surface area contributed by atoms with Crippen molar-refractivity contribution in [1.82, 2.24) is 24.8 Å². The number of carbonyl (C=O) groups excluding carboxylic acids is 2. The smallest absolute Gasteiger partial charge is 0.223 e. The third-order valence-electron chi connectivity index (χ3n) is 7.72. The number of aromatic nitrogens is 3. The van der Waals surface area contributed by atoms with Crippen molar-refractivity contribution in [2.45, 2.75) is 84.3 Å². The van der Waals surface area contributed by atoms with Crippen molar-refractivity contribution in [2.24, 2.45) is 0 Å². The van der Waals surface area contributed by atoms with Gasteiger partial charge in [0.05, 0.1) is 17.0 Å². The predicted molar refractivity (Wildman–Crippen MR) is 151 cm³/mol. The topological polar surface area (TPSA) is 79.3 Å². The van der Waals surface area contributed by atoms with E-state index < -0.39 is 0 Å². The standard InChI is InChI=1S/C30H39N5O2S/c1-22(5-4-6-28(36)30-23(2)32-21-33-24(30)3)34-16-11-27(12-17-34)35(19-26-13-18-38-20-26)29(37)8-7-25-9-14-31-15-10-25/h9-10,13-15,18,20-22,27H,4-8,11-12,16-17,19H2,1-3H3. The summed E-state index contributed by atoms with van der Waals surface area (Å²) in [6.07, 6.45) is 10.7. The summed E-state index contributed by atoms with van der Waals surface area (Å²) in [7, 11) is 0. The number of ketones is 1. The van der Waals surface area contributed by atoms with Crippen molar-refractivity contribution in [3.05, 3.63) is 75.8 Å². The number of rotatable bonds is 12. The molecular weight excluding hydrogens is 494 g/mol. The van der Waals surface area contributed by atoms with E-state index in [0.29, 0.717) is 31.0 Å². The van der Waals surface area contributed by atoms with Crippen LogP contribution in [0.2, 0.25) is 0 Å². The Morgan fingerprint density at radius 2 is 1.76 bits per heavy atom. The minimum Gasteiger partial charge on any atom is -0.335 e. The van der Waals surface area contributed by atoms with Crippen LogP contribution in [0.3, 0.4) is 0 Å². The van der Waals surface area contributed by atoms with Crippen molar-refractivity contribution in [3.8, 4) is 0 Å². The van der Waals surface area contributed by atoms with Crippen LogP contribution in [0.25, 0.3) is 0 Å². The molecule has 202 valence electrons. The molecule has 0 spiro atoms. The maximum atomic E-state index is 13.4. The Bertz CT molecular complexity index is 1160. The summed E-state index contributed by atoms with van der Waals surface area (Å²) in [6, 6.07) is 6.76. The average molecular weight is 534 g/mol. The molecule has 3 aromatic heterocycles. The van der Waals surface area contributed by atoms with Crippen molar-refractivity contribution in [1.29, 1.82) is 0 Å². The lowest BCUT2D eigenvalue weighted by Gasteiger charge is -2.41. The molecule has 1 saturated heterocycles. The van der Waals surface area contributed by atoms with E-state index in [1.165, 1.54) is 11.9 Å². The fourth-order valence-electron chi connectivity index (χ4n) is 5.44. The minimum absolute atomic E-state index is 0.140. The summed E-state index contributed by atoms with van der Waals surface area (Å²) in [5, 5.41) is 4.23. The van der Waals surface area contributed by atoms with Gasteiger partial charge in [0.25, 0.3) is 0 Å². The zero-order chi connectivity index (χ0) is 26.9. The Labute approximate surface area is 230 Å². The number of pyridine rings is 1. The Kier molecular flexibility index (Phi) is 10.1. The van der Waals surface area contributed by atoms with E-state index in [9.17, 15) is 9.59 Å². The van der Waals surface area contributed by atoms with Gasteiger partial charge in [0.1, 0.15) is 6.33 Å². The maximum Gasteiger partial charge on any atom is 0.223 e. The lowest BCUT2D eigenvalue weighted by atomic mass is 9.97. The molecule has 1 aliphatic heterocycles. The van der Waals surface area contributed by atoms with Crippen LogP contribution in [-0.2, 0) is 17.8 Å². The number of amides is 1. The van der Waals surface area contributed by atoms with E-state index in [1.807, 2.05) is 26.0 Å². The molecule has 7 nitrogen and oxygen atoms in total. The SMILES string of the molecule is Cc1ncnc(C)c1C(=O)CCCC(C)N1CCC(N(Cc2ccsc2)C(=O)CCc2ccncc2)CC1. The normalized spacial score (nSPS) is 15.3. The van der Waals surface area contributed by atoms with E-state index in [2.05, 4.69) is 48.5 Å². The summed E-state index contributed by atoms with van der Waals surface area (Å²) < 4.78 is 0. The molecule has 1 amide bonds. The summed E-state index contributed by atoms with van der Waals surface area (Å²) in [6.45, 7) is 8.64. The molecule has 0 aromatic carbocycles. The van der Waals surface area contributed by atoms with Gasteiger partial charge in [0, 0.05) is 57.0 Å². The first-order valence-electron chi connectivity index (χ1n) is 13.7. The number of aryl methyl sites for hydroxylation is 3. The molecule has 4 rings (SSSR count). The third-order valence-corrected chi connectivity index (χ3v) is 8.46. The summed E-state index contributed by atoms with van der Waals surface area (Å²) in [5.41, 5.74) is 4.57. The number of Topliss-reactive ketones (excluding diaryl/α,β-unsaturated/α-hetero) is 1. The first kappa shape index (κ1) is 28.0. The van der Waals surface area contributed by atoms with Gasteiger partial charge in [-0.05, 0) is 93.0 Å². The molecule has 38 heavy (non-hydrogen) atoms. The molecule has 0 bridgehead atoms.